The van der Waals surface area contributed by atoms with Crippen LogP contribution in [-0.4, -0.2) is 36.4 Å². The van der Waals surface area contributed by atoms with Gasteiger partial charge in [-0.2, -0.15) is 15.4 Å². The Bertz CT molecular complexity index is 1050. The first kappa shape index (κ1) is 17.4. The van der Waals surface area contributed by atoms with E-state index in [9.17, 15) is 13.2 Å². The fourth-order valence-corrected chi connectivity index (χ4v) is 4.90. The summed E-state index contributed by atoms with van der Waals surface area (Å²) in [5.41, 5.74) is 1.60. The number of carbonyl (C=O) groups is 1. The van der Waals surface area contributed by atoms with E-state index in [1.165, 1.54) is 17.4 Å². The van der Waals surface area contributed by atoms with Crippen molar-refractivity contribution in [2.75, 3.05) is 11.3 Å². The van der Waals surface area contributed by atoms with Crippen molar-refractivity contribution in [3.63, 3.8) is 0 Å². The standard InChI is InChI=1S/C15H16N4O4S2/c1-4-23-15(20)12-8(2)9(3)24-14(12)18-25(21,22)11-7-5-6-10-13(11)17-19-16-10/h5-7,18H,4H2,1-3H3,(H,16,17,19). The van der Waals surface area contributed by atoms with Gasteiger partial charge < -0.3 is 4.74 Å². The van der Waals surface area contributed by atoms with Crippen LogP contribution in [0.15, 0.2) is 23.1 Å². The van der Waals surface area contributed by atoms with E-state index in [-0.39, 0.29) is 27.6 Å². The lowest BCUT2D eigenvalue weighted by molar-refractivity contribution is 0.0527. The van der Waals surface area contributed by atoms with Crippen molar-refractivity contribution in [2.45, 2.75) is 25.7 Å². The van der Waals surface area contributed by atoms with Gasteiger partial charge in [-0.3, -0.25) is 4.72 Å². The number of ether oxygens (including phenoxy) is 1. The van der Waals surface area contributed by atoms with Gasteiger partial charge in [0.1, 0.15) is 20.9 Å². The highest BCUT2D eigenvalue weighted by Gasteiger charge is 2.26. The highest BCUT2D eigenvalue weighted by molar-refractivity contribution is 7.93. The van der Waals surface area contributed by atoms with Crippen LogP contribution in [0.3, 0.4) is 0 Å². The van der Waals surface area contributed by atoms with E-state index in [1.54, 1.807) is 26.0 Å². The quantitative estimate of drug-likeness (QED) is 0.658. The number of hydrogen-bond donors (Lipinski definition) is 2. The Morgan fingerprint density at radius 2 is 2.08 bits per heavy atom. The summed E-state index contributed by atoms with van der Waals surface area (Å²) in [5.74, 6) is -0.554. The maximum Gasteiger partial charge on any atom is 0.341 e. The predicted octanol–water partition coefficient (Wildman–Crippen LogP) is 2.61. The van der Waals surface area contributed by atoms with Gasteiger partial charge in [0.15, 0.2) is 0 Å². The van der Waals surface area contributed by atoms with E-state index in [4.69, 9.17) is 4.74 Å². The molecule has 0 aliphatic carbocycles. The van der Waals surface area contributed by atoms with Gasteiger partial charge in [0, 0.05) is 4.88 Å². The molecule has 3 rings (SSSR count). The first-order chi connectivity index (χ1) is 11.8. The second-order valence-corrected chi connectivity index (χ2v) is 8.14. The van der Waals surface area contributed by atoms with Crippen LogP contribution in [0.2, 0.25) is 0 Å². The van der Waals surface area contributed by atoms with E-state index in [1.807, 2.05) is 6.92 Å². The molecule has 25 heavy (non-hydrogen) atoms. The Morgan fingerprint density at radius 3 is 2.80 bits per heavy atom. The molecule has 0 saturated carbocycles. The number of aromatic nitrogens is 3. The number of nitrogens with zero attached hydrogens (tertiary/aromatic N) is 2. The summed E-state index contributed by atoms with van der Waals surface area (Å²) in [6, 6.07) is 4.67. The minimum atomic E-state index is -3.95. The summed E-state index contributed by atoms with van der Waals surface area (Å²) >= 11 is 1.19. The third-order valence-corrected chi connectivity index (χ3v) is 6.32. The largest absolute Gasteiger partial charge is 0.462 e. The molecule has 10 heteroatoms. The molecule has 0 saturated heterocycles. The van der Waals surface area contributed by atoms with Crippen molar-refractivity contribution >= 4 is 43.4 Å². The maximum atomic E-state index is 12.8. The number of carbonyl (C=O) groups excluding carboxylic acids is 1. The molecule has 0 bridgehead atoms. The highest BCUT2D eigenvalue weighted by Crippen LogP contribution is 2.35. The lowest BCUT2D eigenvalue weighted by Crippen LogP contribution is -2.16. The number of para-hydroxylation sites is 1. The van der Waals surface area contributed by atoms with Gasteiger partial charge in [0.25, 0.3) is 10.0 Å². The van der Waals surface area contributed by atoms with E-state index in [0.717, 1.165) is 4.88 Å². The number of sulfonamides is 1. The number of fused-ring (bicyclic) bond motifs is 1. The number of aryl methyl sites for hydroxylation is 1. The number of rotatable bonds is 5. The van der Waals surface area contributed by atoms with Crippen LogP contribution in [0.5, 0.6) is 0 Å². The van der Waals surface area contributed by atoms with Gasteiger partial charge in [0.05, 0.1) is 12.2 Å². The smallest absolute Gasteiger partial charge is 0.341 e. The van der Waals surface area contributed by atoms with Gasteiger partial charge in [-0.25, -0.2) is 13.2 Å². The monoisotopic (exact) mass is 380 g/mol. The first-order valence-corrected chi connectivity index (χ1v) is 9.74. The van der Waals surface area contributed by atoms with Crippen molar-refractivity contribution in [1.29, 1.82) is 0 Å². The van der Waals surface area contributed by atoms with Crippen molar-refractivity contribution in [3.05, 3.63) is 34.2 Å². The molecule has 2 heterocycles. The topological polar surface area (TPSA) is 114 Å². The van der Waals surface area contributed by atoms with Crippen LogP contribution in [0.25, 0.3) is 11.0 Å². The molecule has 0 radical (unpaired) electrons. The van der Waals surface area contributed by atoms with Crippen LogP contribution in [0.1, 0.15) is 27.7 Å². The Morgan fingerprint density at radius 1 is 1.32 bits per heavy atom. The lowest BCUT2D eigenvalue weighted by atomic mass is 10.2. The molecule has 1 aromatic carbocycles. The molecule has 0 spiro atoms. The van der Waals surface area contributed by atoms with Crippen LogP contribution in [0.4, 0.5) is 5.00 Å². The van der Waals surface area contributed by atoms with Gasteiger partial charge in [-0.15, -0.1) is 11.3 Å². The summed E-state index contributed by atoms with van der Waals surface area (Å²) in [5, 5.41) is 10.4. The number of aromatic amines is 1. The number of esters is 1. The predicted molar refractivity (Wildman–Crippen MR) is 94.4 cm³/mol. The van der Waals surface area contributed by atoms with E-state index < -0.39 is 16.0 Å². The van der Waals surface area contributed by atoms with Crippen molar-refractivity contribution < 1.29 is 17.9 Å². The number of nitrogens with one attached hydrogen (secondary N) is 2. The number of thiophene rings is 1. The Hall–Kier alpha value is -2.46. The fraction of sp³-hybridized carbons (Fsp3) is 0.267. The van der Waals surface area contributed by atoms with Crippen molar-refractivity contribution in [1.82, 2.24) is 15.4 Å². The summed E-state index contributed by atoms with van der Waals surface area (Å²) in [4.78, 5) is 13.0. The summed E-state index contributed by atoms with van der Waals surface area (Å²) in [6.07, 6.45) is 0. The van der Waals surface area contributed by atoms with E-state index >= 15 is 0 Å². The second kappa shape index (κ2) is 6.45. The fourth-order valence-electron chi connectivity index (χ4n) is 2.38. The second-order valence-electron chi connectivity index (χ2n) is 5.26. The van der Waals surface area contributed by atoms with Crippen LogP contribution in [0, 0.1) is 13.8 Å². The van der Waals surface area contributed by atoms with Gasteiger partial charge in [-0.05, 0) is 38.5 Å². The van der Waals surface area contributed by atoms with Gasteiger partial charge >= 0.3 is 5.97 Å². The molecule has 132 valence electrons. The van der Waals surface area contributed by atoms with Crippen LogP contribution in [-0.2, 0) is 14.8 Å². The van der Waals surface area contributed by atoms with Gasteiger partial charge in [-0.1, -0.05) is 6.07 Å². The molecule has 8 nitrogen and oxygen atoms in total. The molecule has 0 amide bonds. The molecule has 0 aliphatic heterocycles. The Balaban J connectivity index is 2.06. The zero-order valence-corrected chi connectivity index (χ0v) is 15.4. The molecule has 0 aliphatic rings. The Kier molecular flexibility index (Phi) is 4.48. The summed E-state index contributed by atoms with van der Waals surface area (Å²) < 4.78 is 33.2. The molecule has 2 N–H and O–H groups in total. The molecule has 0 atom stereocenters. The van der Waals surface area contributed by atoms with Crippen LogP contribution >= 0.6 is 11.3 Å². The minimum Gasteiger partial charge on any atom is -0.462 e. The highest BCUT2D eigenvalue weighted by atomic mass is 32.2. The third-order valence-electron chi connectivity index (χ3n) is 3.69. The van der Waals surface area contributed by atoms with E-state index in [2.05, 4.69) is 20.1 Å². The van der Waals surface area contributed by atoms with Crippen LogP contribution < -0.4 is 4.72 Å². The summed E-state index contributed by atoms with van der Waals surface area (Å²) in [7, 11) is -3.95. The normalized spacial score (nSPS) is 11.6. The van der Waals surface area contributed by atoms with E-state index in [0.29, 0.717) is 11.1 Å². The SMILES string of the molecule is CCOC(=O)c1c(NS(=O)(=O)c2cccc3n[nH]nc23)sc(C)c1C. The van der Waals surface area contributed by atoms with Crippen molar-refractivity contribution in [3.8, 4) is 0 Å². The first-order valence-electron chi connectivity index (χ1n) is 7.44. The Labute approximate surface area is 148 Å². The zero-order chi connectivity index (χ0) is 18.2. The number of H-pyrrole nitrogens is 1. The average Bonchev–Trinajstić information content (AvgIpc) is 3.12. The minimum absolute atomic E-state index is 0.0164. The lowest BCUT2D eigenvalue weighted by Gasteiger charge is -2.09. The molecule has 3 aromatic rings. The third kappa shape index (κ3) is 3.10. The molecular formula is C15H16N4O4S2. The molecule has 0 fully saturated rings. The molecule has 0 unspecified atom stereocenters. The number of benzene rings is 1. The van der Waals surface area contributed by atoms with Crippen molar-refractivity contribution in [2.24, 2.45) is 0 Å². The molecule has 2 aromatic heterocycles. The summed E-state index contributed by atoms with van der Waals surface area (Å²) in [6.45, 7) is 5.48. The number of anilines is 1. The zero-order valence-electron chi connectivity index (χ0n) is 13.8. The number of hydrogen-bond acceptors (Lipinski definition) is 7. The maximum absolute atomic E-state index is 12.8. The average molecular weight is 380 g/mol. The van der Waals surface area contributed by atoms with Gasteiger partial charge in [0.2, 0.25) is 0 Å². The molecular weight excluding hydrogens is 364 g/mol.